The number of nitrogens with one attached hydrogen (secondary N) is 3. The third kappa shape index (κ3) is 6.54. The molecule has 1 aliphatic rings. The summed E-state index contributed by atoms with van der Waals surface area (Å²) < 4.78 is 32.8. The molecule has 1 unspecified atom stereocenters. The van der Waals surface area contributed by atoms with Crippen molar-refractivity contribution in [3.8, 4) is 0 Å². The Bertz CT molecular complexity index is 1590. The molecule has 1 heterocycles. The summed E-state index contributed by atoms with van der Waals surface area (Å²) in [5.41, 5.74) is -0.0953. The van der Waals surface area contributed by atoms with Crippen LogP contribution in [0.5, 0.6) is 0 Å². The van der Waals surface area contributed by atoms with E-state index in [1.165, 1.54) is 30.3 Å². The van der Waals surface area contributed by atoms with Gasteiger partial charge in [-0.15, -0.1) is 0 Å². The van der Waals surface area contributed by atoms with E-state index >= 15 is 0 Å². The van der Waals surface area contributed by atoms with E-state index in [9.17, 15) is 28.0 Å². The average Bonchev–Trinajstić information content (AvgIpc) is 2.99. The maximum atomic E-state index is 14.0. The first-order chi connectivity index (χ1) is 20.3. The van der Waals surface area contributed by atoms with E-state index in [-0.39, 0.29) is 33.9 Å². The van der Waals surface area contributed by atoms with Gasteiger partial charge in [0.2, 0.25) is 17.7 Å². The standard InChI is InChI=1S/C32H29F2N3O5/c33-19-10-14-22(15-11-19)36-31(40)28(32(41)37-23-16-12-20(34)13-17-23)27(30(39)35-21-6-2-1-3-7-21)25-18-42-26-9-5-4-8-24(26)29(25)38/h4-5,8-18,21,27-28H,1-3,6-7H2,(H,35,39)(H,36,40)(H,37,41). The molecule has 10 heteroatoms. The smallest absolute Gasteiger partial charge is 0.238 e. The highest BCUT2D eigenvalue weighted by molar-refractivity contribution is 6.14. The maximum Gasteiger partial charge on any atom is 0.238 e. The molecule has 5 rings (SSSR count). The van der Waals surface area contributed by atoms with Crippen LogP contribution in [0.25, 0.3) is 11.0 Å². The summed E-state index contributed by atoms with van der Waals surface area (Å²) in [6.07, 6.45) is 5.41. The second-order valence-electron chi connectivity index (χ2n) is 10.3. The van der Waals surface area contributed by atoms with Gasteiger partial charge in [-0.2, -0.15) is 0 Å². The lowest BCUT2D eigenvalue weighted by molar-refractivity contribution is -0.136. The number of carbonyl (C=O) groups excluding carboxylic acids is 3. The highest BCUT2D eigenvalue weighted by Crippen LogP contribution is 2.29. The van der Waals surface area contributed by atoms with Crippen LogP contribution in [0.1, 0.15) is 43.6 Å². The van der Waals surface area contributed by atoms with Gasteiger partial charge >= 0.3 is 0 Å². The van der Waals surface area contributed by atoms with Crippen LogP contribution in [0, 0.1) is 17.6 Å². The molecule has 1 fully saturated rings. The van der Waals surface area contributed by atoms with Crippen molar-refractivity contribution < 1.29 is 27.6 Å². The normalized spacial score (nSPS) is 14.4. The van der Waals surface area contributed by atoms with Crippen LogP contribution in [0.15, 0.2) is 88.3 Å². The van der Waals surface area contributed by atoms with Gasteiger partial charge in [0.05, 0.1) is 17.6 Å². The van der Waals surface area contributed by atoms with E-state index in [1.807, 2.05) is 0 Å². The lowest BCUT2D eigenvalue weighted by atomic mass is 9.83. The highest BCUT2D eigenvalue weighted by atomic mass is 19.1. The third-order valence-corrected chi connectivity index (χ3v) is 7.40. The lowest BCUT2D eigenvalue weighted by Crippen LogP contribution is -2.48. The van der Waals surface area contributed by atoms with Crippen LogP contribution in [-0.4, -0.2) is 23.8 Å². The zero-order valence-electron chi connectivity index (χ0n) is 22.6. The molecule has 1 atom stereocenters. The predicted octanol–water partition coefficient (Wildman–Crippen LogP) is 5.50. The van der Waals surface area contributed by atoms with E-state index in [0.29, 0.717) is 0 Å². The topological polar surface area (TPSA) is 118 Å². The van der Waals surface area contributed by atoms with Crippen molar-refractivity contribution in [1.29, 1.82) is 0 Å². The maximum absolute atomic E-state index is 14.0. The Labute approximate surface area is 240 Å². The number of para-hydroxylation sites is 1. The van der Waals surface area contributed by atoms with Crippen molar-refractivity contribution >= 4 is 40.1 Å². The zero-order chi connectivity index (χ0) is 29.6. The Morgan fingerprint density at radius 3 is 1.86 bits per heavy atom. The first kappa shape index (κ1) is 28.7. The monoisotopic (exact) mass is 573 g/mol. The Morgan fingerprint density at radius 1 is 0.738 bits per heavy atom. The van der Waals surface area contributed by atoms with Gasteiger partial charge in [0.1, 0.15) is 23.1 Å². The Morgan fingerprint density at radius 2 is 1.29 bits per heavy atom. The molecule has 1 aliphatic carbocycles. The number of rotatable bonds is 8. The summed E-state index contributed by atoms with van der Waals surface area (Å²) in [5, 5.41) is 8.27. The first-order valence-electron chi connectivity index (χ1n) is 13.7. The van der Waals surface area contributed by atoms with E-state index < -0.39 is 46.6 Å². The molecule has 0 spiro atoms. The number of fused-ring (bicyclic) bond motifs is 1. The summed E-state index contributed by atoms with van der Waals surface area (Å²) in [6.45, 7) is 0. The summed E-state index contributed by atoms with van der Waals surface area (Å²) in [5.74, 6) is -6.91. The molecule has 216 valence electrons. The predicted molar refractivity (Wildman–Crippen MR) is 154 cm³/mol. The number of hydrogen-bond acceptors (Lipinski definition) is 5. The summed E-state index contributed by atoms with van der Waals surface area (Å²) in [7, 11) is 0. The van der Waals surface area contributed by atoms with Crippen LogP contribution in [0.3, 0.4) is 0 Å². The Hall–Kier alpha value is -4.86. The quantitative estimate of drug-likeness (QED) is 0.241. The molecule has 8 nitrogen and oxygen atoms in total. The fraction of sp³-hybridized carbons (Fsp3) is 0.250. The Kier molecular flexibility index (Phi) is 8.71. The van der Waals surface area contributed by atoms with E-state index in [2.05, 4.69) is 16.0 Å². The van der Waals surface area contributed by atoms with E-state index in [1.54, 1.807) is 18.2 Å². The number of anilines is 2. The highest BCUT2D eigenvalue weighted by Gasteiger charge is 2.43. The van der Waals surface area contributed by atoms with Gasteiger partial charge in [-0.1, -0.05) is 31.4 Å². The van der Waals surface area contributed by atoms with Crippen LogP contribution in [-0.2, 0) is 14.4 Å². The van der Waals surface area contributed by atoms with Gasteiger partial charge in [0, 0.05) is 23.0 Å². The molecule has 4 aromatic rings. The molecule has 1 saturated carbocycles. The number of benzene rings is 3. The zero-order valence-corrected chi connectivity index (χ0v) is 22.6. The molecule has 3 amide bonds. The van der Waals surface area contributed by atoms with Gasteiger partial charge in [0.15, 0.2) is 5.43 Å². The molecule has 42 heavy (non-hydrogen) atoms. The van der Waals surface area contributed by atoms with Gasteiger partial charge in [-0.3, -0.25) is 19.2 Å². The molecular weight excluding hydrogens is 544 g/mol. The van der Waals surface area contributed by atoms with Gasteiger partial charge in [-0.05, 0) is 73.5 Å². The summed E-state index contributed by atoms with van der Waals surface area (Å²) in [6, 6.07) is 16.0. The van der Waals surface area contributed by atoms with Gasteiger partial charge < -0.3 is 20.4 Å². The van der Waals surface area contributed by atoms with Gasteiger partial charge in [-0.25, -0.2) is 8.78 Å². The molecule has 0 aliphatic heterocycles. The first-order valence-corrected chi connectivity index (χ1v) is 13.7. The largest absolute Gasteiger partial charge is 0.464 e. The van der Waals surface area contributed by atoms with Gasteiger partial charge in [0.25, 0.3) is 0 Å². The molecule has 3 N–H and O–H groups in total. The summed E-state index contributed by atoms with van der Waals surface area (Å²) in [4.78, 5) is 55.4. The van der Waals surface area contributed by atoms with E-state index in [0.717, 1.165) is 62.6 Å². The van der Waals surface area contributed by atoms with Crippen molar-refractivity contribution in [3.63, 3.8) is 0 Å². The second-order valence-corrected chi connectivity index (χ2v) is 10.3. The van der Waals surface area contributed by atoms with Crippen LogP contribution >= 0.6 is 0 Å². The van der Waals surface area contributed by atoms with Crippen molar-refractivity contribution in [2.45, 2.75) is 44.1 Å². The summed E-state index contributed by atoms with van der Waals surface area (Å²) >= 11 is 0. The number of amides is 3. The lowest BCUT2D eigenvalue weighted by Gasteiger charge is -2.29. The SMILES string of the molecule is O=C(Nc1ccc(F)cc1)C(C(=O)Nc1ccc(F)cc1)C(C(=O)NC1CCCCC1)c1coc2ccccc2c1=O. The minimum absolute atomic E-state index is 0.171. The minimum atomic E-state index is -1.77. The van der Waals surface area contributed by atoms with Crippen molar-refractivity contribution in [2.75, 3.05) is 10.6 Å². The van der Waals surface area contributed by atoms with E-state index in [4.69, 9.17) is 4.42 Å². The molecule has 0 radical (unpaired) electrons. The Balaban J connectivity index is 1.59. The number of hydrogen-bond donors (Lipinski definition) is 3. The molecule has 0 saturated heterocycles. The van der Waals surface area contributed by atoms with Crippen molar-refractivity contribution in [3.05, 3.63) is 106 Å². The molecular formula is C32H29F2N3O5. The molecule has 1 aromatic heterocycles. The molecule has 3 aromatic carbocycles. The fourth-order valence-corrected chi connectivity index (χ4v) is 5.25. The number of carbonyl (C=O) groups is 3. The van der Waals surface area contributed by atoms with Crippen molar-refractivity contribution in [2.24, 2.45) is 5.92 Å². The molecule has 0 bridgehead atoms. The minimum Gasteiger partial charge on any atom is -0.464 e. The van der Waals surface area contributed by atoms with Crippen LogP contribution in [0.4, 0.5) is 20.2 Å². The average molecular weight is 574 g/mol. The van der Waals surface area contributed by atoms with Crippen LogP contribution in [0.2, 0.25) is 0 Å². The second kappa shape index (κ2) is 12.8. The van der Waals surface area contributed by atoms with Crippen LogP contribution < -0.4 is 21.4 Å². The van der Waals surface area contributed by atoms with Crippen molar-refractivity contribution in [1.82, 2.24) is 5.32 Å². The third-order valence-electron chi connectivity index (χ3n) is 7.40. The number of halogens is 2. The fourth-order valence-electron chi connectivity index (χ4n) is 5.25.